The number of carbonyl (C=O) groups is 2. The molecule has 72 valence electrons. The highest BCUT2D eigenvalue weighted by atomic mass is 16.4. The predicted molar refractivity (Wildman–Crippen MR) is 49.2 cm³/mol. The van der Waals surface area contributed by atoms with E-state index in [2.05, 4.69) is 11.9 Å². The summed E-state index contributed by atoms with van der Waals surface area (Å²) in [6, 6.07) is -0.799. The van der Waals surface area contributed by atoms with Gasteiger partial charge in [-0.1, -0.05) is 24.8 Å². The van der Waals surface area contributed by atoms with Gasteiger partial charge < -0.3 is 10.4 Å². The fraction of sp³-hybridized carbons (Fsp3) is 0.333. The first kappa shape index (κ1) is 11.4. The quantitative estimate of drug-likeness (QED) is 0.451. The van der Waals surface area contributed by atoms with Crippen LogP contribution in [0.15, 0.2) is 24.8 Å². The van der Waals surface area contributed by atoms with Crippen molar-refractivity contribution in [3.05, 3.63) is 24.8 Å². The lowest BCUT2D eigenvalue weighted by atomic mass is 10.1. The Morgan fingerprint density at radius 2 is 2.31 bits per heavy atom. The molecule has 4 nitrogen and oxygen atoms in total. The summed E-state index contributed by atoms with van der Waals surface area (Å²) in [5, 5.41) is 10.8. The Morgan fingerprint density at radius 1 is 1.62 bits per heavy atom. The first-order chi connectivity index (χ1) is 6.22. The third-order valence-electron chi connectivity index (χ3n) is 1.46. The number of nitrogens with one attached hydrogen (secondary N) is 1. The van der Waals surface area contributed by atoms with Gasteiger partial charge in [0.05, 0.1) is 0 Å². The summed E-state index contributed by atoms with van der Waals surface area (Å²) >= 11 is 0. The van der Waals surface area contributed by atoms with Crippen LogP contribution in [0.2, 0.25) is 0 Å². The summed E-state index contributed by atoms with van der Waals surface area (Å²) < 4.78 is 0. The summed E-state index contributed by atoms with van der Waals surface area (Å²) in [6.45, 7) is 3.47. The zero-order valence-corrected chi connectivity index (χ0v) is 7.27. The van der Waals surface area contributed by atoms with Gasteiger partial charge in [0.1, 0.15) is 6.04 Å². The number of allylic oxidation sites excluding steroid dienone is 3. The first-order valence-corrected chi connectivity index (χ1v) is 3.92. The molecule has 1 amide bonds. The standard InChI is InChI=1S/C9H13NO3/c1-2-3-4-5-6-8(9(12)13)10-7-11/h2-4,7-8H,1,5-6H2,(H,10,11)(H,12,13)/b4-3+. The minimum absolute atomic E-state index is 0.387. The Balaban J connectivity index is 3.81. The van der Waals surface area contributed by atoms with E-state index in [9.17, 15) is 9.59 Å². The number of carboxylic acid groups (broad SMARTS) is 1. The van der Waals surface area contributed by atoms with Crippen molar-refractivity contribution < 1.29 is 14.7 Å². The molecular formula is C9H13NO3. The van der Waals surface area contributed by atoms with Crippen molar-refractivity contribution in [2.75, 3.05) is 0 Å². The second-order valence-electron chi connectivity index (χ2n) is 2.42. The number of hydrogen-bond acceptors (Lipinski definition) is 2. The van der Waals surface area contributed by atoms with Crippen molar-refractivity contribution in [1.29, 1.82) is 0 Å². The van der Waals surface area contributed by atoms with Gasteiger partial charge in [-0.05, 0) is 12.8 Å². The van der Waals surface area contributed by atoms with Crippen LogP contribution in [0, 0.1) is 0 Å². The lowest BCUT2D eigenvalue weighted by molar-refractivity contribution is -0.140. The van der Waals surface area contributed by atoms with Crippen LogP contribution in [0.1, 0.15) is 12.8 Å². The summed E-state index contributed by atoms with van der Waals surface area (Å²) in [6.07, 6.45) is 6.54. The fourth-order valence-electron chi connectivity index (χ4n) is 0.816. The lowest BCUT2D eigenvalue weighted by Gasteiger charge is -2.08. The molecule has 0 bridgehead atoms. The zero-order valence-electron chi connectivity index (χ0n) is 7.27. The highest BCUT2D eigenvalue weighted by Crippen LogP contribution is 1.98. The van der Waals surface area contributed by atoms with E-state index in [1.54, 1.807) is 18.2 Å². The largest absolute Gasteiger partial charge is 0.480 e. The van der Waals surface area contributed by atoms with Crippen molar-refractivity contribution in [1.82, 2.24) is 5.32 Å². The smallest absolute Gasteiger partial charge is 0.326 e. The molecule has 13 heavy (non-hydrogen) atoms. The molecule has 0 aromatic carbocycles. The van der Waals surface area contributed by atoms with Crippen LogP contribution in [0.5, 0.6) is 0 Å². The molecule has 2 N–H and O–H groups in total. The van der Waals surface area contributed by atoms with E-state index >= 15 is 0 Å². The Bertz CT molecular complexity index is 211. The zero-order chi connectivity index (χ0) is 10.1. The number of carboxylic acids is 1. The molecule has 0 aliphatic carbocycles. The minimum atomic E-state index is -1.01. The third-order valence-corrected chi connectivity index (χ3v) is 1.46. The Morgan fingerprint density at radius 3 is 2.77 bits per heavy atom. The van der Waals surface area contributed by atoms with Gasteiger partial charge in [-0.3, -0.25) is 4.79 Å². The molecule has 0 rings (SSSR count). The Hall–Kier alpha value is -1.58. The number of rotatable bonds is 7. The predicted octanol–water partition coefficient (Wildman–Crippen LogP) is 0.708. The second-order valence-corrected chi connectivity index (χ2v) is 2.42. The highest BCUT2D eigenvalue weighted by molar-refractivity contribution is 5.76. The summed E-state index contributed by atoms with van der Waals surface area (Å²) in [5.74, 6) is -1.01. The maximum atomic E-state index is 10.5. The molecule has 0 aliphatic rings. The second kappa shape index (κ2) is 7.09. The van der Waals surface area contributed by atoms with Crippen LogP contribution in [0.4, 0.5) is 0 Å². The van der Waals surface area contributed by atoms with Crippen LogP contribution in [-0.2, 0) is 9.59 Å². The Labute approximate surface area is 76.9 Å². The highest BCUT2D eigenvalue weighted by Gasteiger charge is 2.13. The average molecular weight is 183 g/mol. The van der Waals surface area contributed by atoms with Gasteiger partial charge in [0.15, 0.2) is 0 Å². The van der Waals surface area contributed by atoms with Crippen LogP contribution in [-0.4, -0.2) is 23.5 Å². The molecular weight excluding hydrogens is 170 g/mol. The van der Waals surface area contributed by atoms with Gasteiger partial charge in [-0.2, -0.15) is 0 Å². The van der Waals surface area contributed by atoms with Crippen molar-refractivity contribution in [3.63, 3.8) is 0 Å². The van der Waals surface area contributed by atoms with Gasteiger partial charge in [-0.25, -0.2) is 4.79 Å². The van der Waals surface area contributed by atoms with E-state index in [1.165, 1.54) is 0 Å². The molecule has 0 aromatic heterocycles. The van der Waals surface area contributed by atoms with Crippen LogP contribution < -0.4 is 5.32 Å². The molecule has 0 saturated carbocycles. The number of aliphatic carboxylic acids is 1. The van der Waals surface area contributed by atoms with E-state index in [0.29, 0.717) is 19.3 Å². The molecule has 0 heterocycles. The third kappa shape index (κ3) is 5.66. The summed E-state index contributed by atoms with van der Waals surface area (Å²) in [7, 11) is 0. The molecule has 1 atom stereocenters. The molecule has 4 heteroatoms. The maximum Gasteiger partial charge on any atom is 0.326 e. The number of carbonyl (C=O) groups excluding carboxylic acids is 1. The van der Waals surface area contributed by atoms with Crippen LogP contribution in [0.3, 0.4) is 0 Å². The van der Waals surface area contributed by atoms with E-state index in [1.807, 2.05) is 0 Å². The lowest BCUT2D eigenvalue weighted by Crippen LogP contribution is -2.35. The van der Waals surface area contributed by atoms with Gasteiger partial charge in [0, 0.05) is 0 Å². The SMILES string of the molecule is C=C/C=C/CCC(NC=O)C(=O)O. The topological polar surface area (TPSA) is 66.4 Å². The normalized spacial score (nSPS) is 12.3. The Kier molecular flexibility index (Phi) is 6.23. The average Bonchev–Trinajstić information content (AvgIpc) is 2.10. The van der Waals surface area contributed by atoms with Gasteiger partial charge in [0.2, 0.25) is 6.41 Å². The molecule has 0 aromatic rings. The van der Waals surface area contributed by atoms with E-state index in [0.717, 1.165) is 0 Å². The number of amides is 1. The van der Waals surface area contributed by atoms with Crippen molar-refractivity contribution in [2.45, 2.75) is 18.9 Å². The van der Waals surface area contributed by atoms with E-state index in [-0.39, 0.29) is 0 Å². The minimum Gasteiger partial charge on any atom is -0.480 e. The maximum absolute atomic E-state index is 10.5. The molecule has 0 radical (unpaired) electrons. The van der Waals surface area contributed by atoms with Gasteiger partial charge in [-0.15, -0.1) is 0 Å². The summed E-state index contributed by atoms with van der Waals surface area (Å²) in [4.78, 5) is 20.5. The molecule has 0 spiro atoms. The van der Waals surface area contributed by atoms with Crippen molar-refractivity contribution >= 4 is 12.4 Å². The van der Waals surface area contributed by atoms with Crippen molar-refractivity contribution in [2.24, 2.45) is 0 Å². The van der Waals surface area contributed by atoms with Crippen LogP contribution >= 0.6 is 0 Å². The fourth-order valence-corrected chi connectivity index (χ4v) is 0.816. The molecule has 0 aliphatic heterocycles. The molecule has 0 saturated heterocycles. The van der Waals surface area contributed by atoms with E-state index < -0.39 is 12.0 Å². The monoisotopic (exact) mass is 183 g/mol. The summed E-state index contributed by atoms with van der Waals surface area (Å²) in [5.41, 5.74) is 0. The first-order valence-electron chi connectivity index (χ1n) is 3.92. The van der Waals surface area contributed by atoms with Gasteiger partial charge in [0.25, 0.3) is 0 Å². The van der Waals surface area contributed by atoms with Crippen molar-refractivity contribution in [3.8, 4) is 0 Å². The van der Waals surface area contributed by atoms with E-state index in [4.69, 9.17) is 5.11 Å². The van der Waals surface area contributed by atoms with Crippen LogP contribution in [0.25, 0.3) is 0 Å². The number of hydrogen-bond donors (Lipinski definition) is 2. The molecule has 1 unspecified atom stereocenters. The van der Waals surface area contributed by atoms with Gasteiger partial charge >= 0.3 is 5.97 Å². The molecule has 0 fully saturated rings.